The van der Waals surface area contributed by atoms with Crippen LogP contribution < -0.4 is 14.4 Å². The minimum atomic E-state index is -4.30. The van der Waals surface area contributed by atoms with E-state index < -0.39 is 27.4 Å². The van der Waals surface area contributed by atoms with Crippen LogP contribution in [0.1, 0.15) is 16.7 Å². The van der Waals surface area contributed by atoms with Crippen molar-refractivity contribution in [1.29, 1.82) is 0 Å². The van der Waals surface area contributed by atoms with Gasteiger partial charge in [-0.15, -0.1) is 0 Å². The van der Waals surface area contributed by atoms with Crippen LogP contribution in [-0.2, 0) is 21.4 Å². The van der Waals surface area contributed by atoms with Gasteiger partial charge < -0.3 is 10.1 Å². The fraction of sp³-hybridized carbons (Fsp3) is 0.208. The molecule has 3 aromatic carbocycles. The van der Waals surface area contributed by atoms with Crippen LogP contribution in [0.3, 0.4) is 0 Å². The lowest BCUT2D eigenvalue weighted by atomic mass is 10.1. The first-order chi connectivity index (χ1) is 16.1. The molecular weight excluding hydrogens is 458 g/mol. The molecular formula is C24H25N3O6S. The van der Waals surface area contributed by atoms with Gasteiger partial charge in [0.15, 0.2) is 0 Å². The first-order valence-electron chi connectivity index (χ1n) is 10.4. The maximum Gasteiger partial charge on any atom is 0.273 e. The summed E-state index contributed by atoms with van der Waals surface area (Å²) in [5, 5.41) is 14.1. The summed E-state index contributed by atoms with van der Waals surface area (Å²) in [7, 11) is -2.82. The smallest absolute Gasteiger partial charge is 0.273 e. The van der Waals surface area contributed by atoms with Crippen molar-refractivity contribution in [2.75, 3.05) is 18.0 Å². The number of nitrogens with one attached hydrogen (secondary N) is 1. The number of benzene rings is 3. The number of methoxy groups -OCH3 is 1. The molecule has 0 unspecified atom stereocenters. The number of amides is 1. The second kappa shape index (κ2) is 10.3. The van der Waals surface area contributed by atoms with Crippen LogP contribution in [0.25, 0.3) is 0 Å². The van der Waals surface area contributed by atoms with E-state index in [1.807, 2.05) is 31.2 Å². The third kappa shape index (κ3) is 5.70. The van der Waals surface area contributed by atoms with E-state index in [-0.39, 0.29) is 22.8 Å². The highest BCUT2D eigenvalue weighted by atomic mass is 32.2. The summed E-state index contributed by atoms with van der Waals surface area (Å²) in [6.45, 7) is 3.17. The Morgan fingerprint density at radius 1 is 1.06 bits per heavy atom. The van der Waals surface area contributed by atoms with E-state index in [0.717, 1.165) is 21.5 Å². The summed E-state index contributed by atoms with van der Waals surface area (Å²) >= 11 is 0. The Hall–Kier alpha value is -3.92. The fourth-order valence-electron chi connectivity index (χ4n) is 3.35. The number of nitrogens with zero attached hydrogens (tertiary/aromatic N) is 2. The van der Waals surface area contributed by atoms with Crippen molar-refractivity contribution in [3.63, 3.8) is 0 Å². The van der Waals surface area contributed by atoms with Crippen molar-refractivity contribution in [3.05, 3.63) is 93.5 Å². The molecule has 1 N–H and O–H groups in total. The van der Waals surface area contributed by atoms with E-state index in [9.17, 15) is 23.3 Å². The standard InChI is InChI=1S/C24H25N3O6S/c1-17-5-4-6-19(13-17)15-25-24(28)16-26(20-8-10-21(33-3)11-9-20)34(31,32)22-12-7-18(2)23(14-22)27(29)30/h4-14H,15-16H2,1-3H3,(H,25,28). The lowest BCUT2D eigenvalue weighted by molar-refractivity contribution is -0.385. The molecule has 0 heterocycles. The lowest BCUT2D eigenvalue weighted by Crippen LogP contribution is -2.40. The van der Waals surface area contributed by atoms with E-state index >= 15 is 0 Å². The summed E-state index contributed by atoms with van der Waals surface area (Å²) in [6.07, 6.45) is 0. The van der Waals surface area contributed by atoms with Gasteiger partial charge in [-0.3, -0.25) is 19.2 Å². The van der Waals surface area contributed by atoms with Crippen molar-refractivity contribution in [1.82, 2.24) is 5.32 Å². The van der Waals surface area contributed by atoms with Gasteiger partial charge in [0, 0.05) is 18.2 Å². The lowest BCUT2D eigenvalue weighted by Gasteiger charge is -2.24. The van der Waals surface area contributed by atoms with Crippen LogP contribution >= 0.6 is 0 Å². The monoisotopic (exact) mass is 483 g/mol. The Balaban J connectivity index is 1.93. The summed E-state index contributed by atoms with van der Waals surface area (Å²) in [6, 6.07) is 17.4. The summed E-state index contributed by atoms with van der Waals surface area (Å²) < 4.78 is 33.1. The molecule has 0 aliphatic carbocycles. The molecule has 0 radical (unpaired) electrons. The van der Waals surface area contributed by atoms with Crippen molar-refractivity contribution >= 4 is 27.3 Å². The molecule has 0 aliphatic heterocycles. The third-order valence-electron chi connectivity index (χ3n) is 5.19. The SMILES string of the molecule is COc1ccc(N(CC(=O)NCc2cccc(C)c2)S(=O)(=O)c2ccc(C)c([N+](=O)[O-])c2)cc1. The average molecular weight is 484 g/mol. The minimum Gasteiger partial charge on any atom is -0.497 e. The molecule has 0 bridgehead atoms. The van der Waals surface area contributed by atoms with Gasteiger partial charge in [0.25, 0.3) is 15.7 Å². The molecule has 0 atom stereocenters. The second-order valence-electron chi connectivity index (χ2n) is 7.68. The molecule has 0 saturated carbocycles. The number of hydrogen-bond acceptors (Lipinski definition) is 6. The first-order valence-corrected chi connectivity index (χ1v) is 11.8. The number of carbonyl (C=O) groups excluding carboxylic acids is 1. The van der Waals surface area contributed by atoms with Gasteiger partial charge >= 0.3 is 0 Å². The van der Waals surface area contributed by atoms with Crippen molar-refractivity contribution in [2.24, 2.45) is 0 Å². The number of carbonyl (C=O) groups is 1. The summed E-state index contributed by atoms with van der Waals surface area (Å²) in [5.74, 6) is -0.0153. The predicted molar refractivity (Wildman–Crippen MR) is 128 cm³/mol. The quantitative estimate of drug-likeness (QED) is 0.366. The molecule has 0 fully saturated rings. The highest BCUT2D eigenvalue weighted by molar-refractivity contribution is 7.92. The topological polar surface area (TPSA) is 119 Å². The highest BCUT2D eigenvalue weighted by Crippen LogP contribution is 2.29. The van der Waals surface area contributed by atoms with Crippen LogP contribution in [0.5, 0.6) is 5.75 Å². The molecule has 0 aliphatic rings. The van der Waals surface area contributed by atoms with Crippen molar-refractivity contribution in [2.45, 2.75) is 25.3 Å². The molecule has 34 heavy (non-hydrogen) atoms. The van der Waals surface area contributed by atoms with Gasteiger partial charge in [0.1, 0.15) is 12.3 Å². The molecule has 0 spiro atoms. The van der Waals surface area contributed by atoms with E-state index in [1.165, 1.54) is 38.3 Å². The van der Waals surface area contributed by atoms with Crippen LogP contribution in [0, 0.1) is 24.0 Å². The molecule has 3 aromatic rings. The van der Waals surface area contributed by atoms with Crippen LogP contribution in [0.4, 0.5) is 11.4 Å². The second-order valence-corrected chi connectivity index (χ2v) is 9.54. The van der Waals surface area contributed by atoms with Gasteiger partial charge in [0.2, 0.25) is 5.91 Å². The fourth-order valence-corrected chi connectivity index (χ4v) is 4.79. The molecule has 1 amide bonds. The number of hydrogen-bond donors (Lipinski definition) is 1. The molecule has 0 aromatic heterocycles. The Morgan fingerprint density at radius 2 is 1.76 bits per heavy atom. The zero-order chi connectivity index (χ0) is 24.9. The zero-order valence-corrected chi connectivity index (χ0v) is 19.8. The zero-order valence-electron chi connectivity index (χ0n) is 19.0. The Morgan fingerprint density at radius 3 is 2.38 bits per heavy atom. The first kappa shape index (κ1) is 24.7. The van der Waals surface area contributed by atoms with Gasteiger partial charge in [-0.1, -0.05) is 35.9 Å². The number of rotatable bonds is 9. The number of nitro groups is 1. The predicted octanol–water partition coefficient (Wildman–Crippen LogP) is 3.73. The van der Waals surface area contributed by atoms with Gasteiger partial charge in [0.05, 0.1) is 22.6 Å². The number of aryl methyl sites for hydroxylation is 2. The molecule has 10 heteroatoms. The summed E-state index contributed by atoms with van der Waals surface area (Å²) in [5.41, 5.74) is 2.14. The van der Waals surface area contributed by atoms with E-state index in [0.29, 0.717) is 11.3 Å². The summed E-state index contributed by atoms with van der Waals surface area (Å²) in [4.78, 5) is 23.2. The van der Waals surface area contributed by atoms with Gasteiger partial charge in [-0.05, 0) is 49.7 Å². The van der Waals surface area contributed by atoms with Crippen LogP contribution in [0.2, 0.25) is 0 Å². The largest absolute Gasteiger partial charge is 0.497 e. The van der Waals surface area contributed by atoms with E-state index in [4.69, 9.17) is 4.74 Å². The molecule has 9 nitrogen and oxygen atoms in total. The molecule has 3 rings (SSSR count). The van der Waals surface area contributed by atoms with Crippen molar-refractivity contribution in [3.8, 4) is 5.75 Å². The maximum absolute atomic E-state index is 13.5. The Labute approximate surface area is 198 Å². The average Bonchev–Trinajstić information content (AvgIpc) is 2.81. The number of ether oxygens (including phenoxy) is 1. The third-order valence-corrected chi connectivity index (χ3v) is 6.95. The number of sulfonamides is 1. The van der Waals surface area contributed by atoms with Gasteiger partial charge in [-0.2, -0.15) is 0 Å². The van der Waals surface area contributed by atoms with E-state index in [2.05, 4.69) is 5.32 Å². The number of nitro benzene ring substituents is 1. The minimum absolute atomic E-state index is 0.217. The highest BCUT2D eigenvalue weighted by Gasteiger charge is 2.29. The number of anilines is 1. The molecule has 178 valence electrons. The van der Waals surface area contributed by atoms with Gasteiger partial charge in [-0.25, -0.2) is 8.42 Å². The Bertz CT molecular complexity index is 1310. The maximum atomic E-state index is 13.5. The van der Waals surface area contributed by atoms with E-state index in [1.54, 1.807) is 12.1 Å². The Kier molecular flexibility index (Phi) is 7.52. The normalized spacial score (nSPS) is 11.0. The molecule has 0 saturated heterocycles. The van der Waals surface area contributed by atoms with Crippen LogP contribution in [-0.4, -0.2) is 32.9 Å². The van der Waals surface area contributed by atoms with Crippen LogP contribution in [0.15, 0.2) is 71.6 Å². The van der Waals surface area contributed by atoms with Crippen molar-refractivity contribution < 1.29 is 22.9 Å².